The molecule has 0 aromatic heterocycles. The van der Waals surface area contributed by atoms with Crippen LogP contribution in [0.1, 0.15) is 39.0 Å². The normalized spacial score (nSPS) is 38.4. The molecule has 0 aromatic rings. The highest BCUT2D eigenvalue weighted by Crippen LogP contribution is 2.52. The van der Waals surface area contributed by atoms with Gasteiger partial charge in [0.25, 0.3) is 0 Å². The summed E-state index contributed by atoms with van der Waals surface area (Å²) in [4.78, 5) is 35.6. The second-order valence-corrected chi connectivity index (χ2v) is 5.16. The Morgan fingerprint density at radius 2 is 1.81 bits per heavy atom. The third-order valence-electron chi connectivity index (χ3n) is 4.16. The molecule has 0 saturated heterocycles. The highest BCUT2D eigenvalue weighted by atomic mass is 16.5. The number of fused-ring (bicyclic) bond motifs is 2. The van der Waals surface area contributed by atoms with E-state index in [0.29, 0.717) is 32.1 Å². The lowest BCUT2D eigenvalue weighted by atomic mass is 9.54. The minimum atomic E-state index is -1.03. The summed E-state index contributed by atoms with van der Waals surface area (Å²) in [7, 11) is 1.30. The molecule has 0 amide bonds. The quantitative estimate of drug-likeness (QED) is 0.497. The molecule has 4 nitrogen and oxygen atoms in total. The molecule has 4 heteroatoms. The topological polar surface area (TPSA) is 60.4 Å². The van der Waals surface area contributed by atoms with Crippen molar-refractivity contribution >= 4 is 17.5 Å². The molecule has 2 rings (SSSR count). The van der Waals surface area contributed by atoms with Gasteiger partial charge < -0.3 is 4.74 Å². The van der Waals surface area contributed by atoms with E-state index in [1.807, 2.05) is 6.92 Å². The van der Waals surface area contributed by atoms with Gasteiger partial charge in [-0.15, -0.1) is 0 Å². The van der Waals surface area contributed by atoms with Gasteiger partial charge in [0.05, 0.1) is 7.11 Å². The number of methoxy groups -OCH3 is 1. The molecular formula is C12H16O4. The number of carbonyl (C=O) groups excluding carboxylic acids is 3. The standard InChI is InChI=1S/C12H16O4/c1-11-5-3-9(14)12(7-11,10(15)16-2)6-4-8(11)13/h3-7H2,1-2H3. The van der Waals surface area contributed by atoms with Crippen LogP contribution in [0.5, 0.6) is 0 Å². The Morgan fingerprint density at radius 1 is 1.19 bits per heavy atom. The monoisotopic (exact) mass is 224 g/mol. The number of esters is 1. The Labute approximate surface area is 94.3 Å². The van der Waals surface area contributed by atoms with Crippen molar-refractivity contribution in [2.24, 2.45) is 10.8 Å². The Kier molecular flexibility index (Phi) is 2.40. The Balaban J connectivity index is 2.40. The molecule has 0 heterocycles. The van der Waals surface area contributed by atoms with E-state index in [-0.39, 0.29) is 11.6 Å². The maximum Gasteiger partial charge on any atom is 0.319 e. The van der Waals surface area contributed by atoms with Crippen LogP contribution < -0.4 is 0 Å². The van der Waals surface area contributed by atoms with E-state index in [0.717, 1.165) is 0 Å². The number of hydrogen-bond donors (Lipinski definition) is 0. The zero-order chi connectivity index (χ0) is 12.0. The summed E-state index contributed by atoms with van der Waals surface area (Å²) in [5.74, 6) is -0.334. The second-order valence-electron chi connectivity index (χ2n) is 5.16. The number of Topliss-reactive ketones (excluding diaryl/α,β-unsaturated/α-hetero) is 2. The molecule has 0 aromatic carbocycles. The lowest BCUT2D eigenvalue weighted by molar-refractivity contribution is -0.169. The molecule has 0 N–H and O–H groups in total. The molecule has 2 atom stereocenters. The first-order valence-corrected chi connectivity index (χ1v) is 5.60. The van der Waals surface area contributed by atoms with Crippen molar-refractivity contribution < 1.29 is 19.1 Å². The number of ketones is 2. The average molecular weight is 224 g/mol. The van der Waals surface area contributed by atoms with Gasteiger partial charge in [-0.05, 0) is 19.3 Å². The molecule has 2 aliphatic rings. The fourth-order valence-corrected chi connectivity index (χ4v) is 3.06. The maximum atomic E-state index is 12.0. The SMILES string of the molecule is COC(=O)C12CCC(=O)C(C)(CCC1=O)C2. The van der Waals surface area contributed by atoms with Crippen molar-refractivity contribution in [1.29, 1.82) is 0 Å². The summed E-state index contributed by atoms with van der Waals surface area (Å²) in [5, 5.41) is 0. The number of hydrogen-bond acceptors (Lipinski definition) is 4. The van der Waals surface area contributed by atoms with Gasteiger partial charge in [0.15, 0.2) is 0 Å². The zero-order valence-electron chi connectivity index (χ0n) is 9.67. The van der Waals surface area contributed by atoms with Crippen LogP contribution in [0, 0.1) is 10.8 Å². The van der Waals surface area contributed by atoms with E-state index in [2.05, 4.69) is 0 Å². The summed E-state index contributed by atoms with van der Waals surface area (Å²) in [6.07, 6.45) is 1.87. The Morgan fingerprint density at radius 3 is 2.44 bits per heavy atom. The van der Waals surface area contributed by atoms with E-state index >= 15 is 0 Å². The molecule has 0 spiro atoms. The van der Waals surface area contributed by atoms with Crippen molar-refractivity contribution in [1.82, 2.24) is 0 Å². The van der Waals surface area contributed by atoms with Gasteiger partial charge in [-0.1, -0.05) is 6.92 Å². The van der Waals surface area contributed by atoms with Gasteiger partial charge in [-0.3, -0.25) is 14.4 Å². The number of rotatable bonds is 1. The van der Waals surface area contributed by atoms with Crippen LogP contribution >= 0.6 is 0 Å². The summed E-state index contributed by atoms with van der Waals surface area (Å²) < 4.78 is 4.75. The number of carbonyl (C=O) groups is 3. The van der Waals surface area contributed by atoms with Crippen LogP contribution in [0.3, 0.4) is 0 Å². The lowest BCUT2D eigenvalue weighted by Gasteiger charge is -2.46. The first-order chi connectivity index (χ1) is 7.44. The highest BCUT2D eigenvalue weighted by Gasteiger charge is 2.58. The van der Waals surface area contributed by atoms with Gasteiger partial charge in [0, 0.05) is 18.3 Å². The van der Waals surface area contributed by atoms with Crippen molar-refractivity contribution in [2.75, 3.05) is 7.11 Å². The molecule has 2 fully saturated rings. The van der Waals surface area contributed by atoms with Crippen LogP contribution in [-0.2, 0) is 19.1 Å². The van der Waals surface area contributed by atoms with Gasteiger partial charge >= 0.3 is 5.97 Å². The van der Waals surface area contributed by atoms with Crippen LogP contribution in [0.15, 0.2) is 0 Å². The summed E-state index contributed by atoms with van der Waals surface area (Å²) in [6, 6.07) is 0. The second kappa shape index (κ2) is 3.40. The molecule has 16 heavy (non-hydrogen) atoms. The van der Waals surface area contributed by atoms with Crippen LogP contribution in [0.4, 0.5) is 0 Å². The Hall–Kier alpha value is -1.19. The molecule has 88 valence electrons. The van der Waals surface area contributed by atoms with E-state index in [1.165, 1.54) is 7.11 Å². The predicted octanol–water partition coefficient (Wildman–Crippen LogP) is 1.27. The average Bonchev–Trinajstić information content (AvgIpc) is 2.28. The Bertz CT molecular complexity index is 363. The van der Waals surface area contributed by atoms with Crippen LogP contribution in [-0.4, -0.2) is 24.6 Å². The smallest absolute Gasteiger partial charge is 0.319 e. The zero-order valence-corrected chi connectivity index (χ0v) is 9.67. The molecule has 2 bridgehead atoms. The lowest BCUT2D eigenvalue weighted by Crippen LogP contribution is -2.54. The molecule has 2 aliphatic carbocycles. The fraction of sp³-hybridized carbons (Fsp3) is 0.750. The van der Waals surface area contributed by atoms with E-state index in [9.17, 15) is 14.4 Å². The van der Waals surface area contributed by atoms with Crippen molar-refractivity contribution in [2.45, 2.75) is 39.0 Å². The summed E-state index contributed by atoms with van der Waals surface area (Å²) in [5.41, 5.74) is -1.53. The van der Waals surface area contributed by atoms with Gasteiger partial charge in [-0.2, -0.15) is 0 Å². The van der Waals surface area contributed by atoms with Gasteiger partial charge in [-0.25, -0.2) is 0 Å². The summed E-state index contributed by atoms with van der Waals surface area (Å²) >= 11 is 0. The predicted molar refractivity (Wildman–Crippen MR) is 55.7 cm³/mol. The van der Waals surface area contributed by atoms with Crippen molar-refractivity contribution in [3.63, 3.8) is 0 Å². The minimum absolute atomic E-state index is 0.0516. The molecular weight excluding hydrogens is 208 g/mol. The first-order valence-electron chi connectivity index (χ1n) is 5.60. The van der Waals surface area contributed by atoms with E-state index < -0.39 is 16.8 Å². The van der Waals surface area contributed by atoms with Gasteiger partial charge in [0.2, 0.25) is 0 Å². The first kappa shape index (κ1) is 11.3. The number of ether oxygens (including phenoxy) is 1. The van der Waals surface area contributed by atoms with Crippen molar-refractivity contribution in [3.05, 3.63) is 0 Å². The maximum absolute atomic E-state index is 12.0. The van der Waals surface area contributed by atoms with Crippen molar-refractivity contribution in [3.8, 4) is 0 Å². The van der Waals surface area contributed by atoms with E-state index in [4.69, 9.17) is 4.74 Å². The van der Waals surface area contributed by atoms with Crippen LogP contribution in [0.25, 0.3) is 0 Å². The largest absolute Gasteiger partial charge is 0.468 e. The third-order valence-corrected chi connectivity index (χ3v) is 4.16. The molecule has 2 unspecified atom stereocenters. The van der Waals surface area contributed by atoms with Gasteiger partial charge in [0.1, 0.15) is 17.0 Å². The van der Waals surface area contributed by atoms with Crippen LogP contribution in [0.2, 0.25) is 0 Å². The third kappa shape index (κ3) is 1.32. The van der Waals surface area contributed by atoms with E-state index in [1.54, 1.807) is 0 Å². The fourth-order valence-electron chi connectivity index (χ4n) is 3.06. The minimum Gasteiger partial charge on any atom is -0.468 e. The molecule has 0 radical (unpaired) electrons. The molecule has 0 aliphatic heterocycles. The summed E-state index contributed by atoms with van der Waals surface area (Å²) in [6.45, 7) is 1.86. The highest BCUT2D eigenvalue weighted by molar-refractivity contribution is 6.07. The molecule has 2 saturated carbocycles.